The summed E-state index contributed by atoms with van der Waals surface area (Å²) in [6, 6.07) is 0. The highest BCUT2D eigenvalue weighted by Gasteiger charge is 2.10. The van der Waals surface area contributed by atoms with E-state index in [4.69, 9.17) is 0 Å². The molecule has 0 aliphatic heterocycles. The van der Waals surface area contributed by atoms with Crippen molar-refractivity contribution in [1.82, 2.24) is 9.97 Å². The highest BCUT2D eigenvalue weighted by Crippen LogP contribution is 2.21. The third-order valence-electron chi connectivity index (χ3n) is 1.99. The average molecular weight is 175 g/mol. The van der Waals surface area contributed by atoms with Gasteiger partial charge in [0.15, 0.2) is 0 Å². The highest BCUT2D eigenvalue weighted by atomic mass is 16.1. The van der Waals surface area contributed by atoms with Gasteiger partial charge in [-0.3, -0.25) is 4.79 Å². The van der Waals surface area contributed by atoms with Crippen molar-refractivity contribution in [2.45, 2.75) is 12.8 Å². The maximum absolute atomic E-state index is 10.3. The summed E-state index contributed by atoms with van der Waals surface area (Å²) in [5, 5.41) is 2.55. The van der Waals surface area contributed by atoms with Crippen molar-refractivity contribution in [1.29, 1.82) is 0 Å². The second-order valence-corrected chi connectivity index (χ2v) is 2.79. The van der Waals surface area contributed by atoms with Crippen molar-refractivity contribution < 1.29 is 4.79 Å². The van der Waals surface area contributed by atoms with E-state index in [1.165, 1.54) is 6.33 Å². The molecule has 1 N–H and O–H groups in total. The molecule has 4 heteroatoms. The molecule has 0 spiro atoms. The second kappa shape index (κ2) is 3.35. The first-order valence-corrected chi connectivity index (χ1v) is 4.12. The van der Waals surface area contributed by atoms with E-state index in [-0.39, 0.29) is 0 Å². The number of aromatic nitrogens is 2. The average Bonchev–Trinajstić information content (AvgIpc) is 2.19. The van der Waals surface area contributed by atoms with E-state index in [0.717, 1.165) is 24.1 Å². The van der Waals surface area contributed by atoms with Gasteiger partial charge in [0, 0.05) is 5.56 Å². The van der Waals surface area contributed by atoms with Gasteiger partial charge in [-0.1, -0.05) is 12.2 Å². The quantitative estimate of drug-likeness (QED) is 0.682. The van der Waals surface area contributed by atoms with Crippen molar-refractivity contribution in [3.63, 3.8) is 0 Å². The van der Waals surface area contributed by atoms with Crippen LogP contribution in [0.4, 0.5) is 5.82 Å². The number of rotatable bonds is 2. The van der Waals surface area contributed by atoms with Crippen molar-refractivity contribution in [3.8, 4) is 0 Å². The number of nitrogens with zero attached hydrogens (tertiary/aromatic N) is 2. The zero-order chi connectivity index (χ0) is 9.10. The summed E-state index contributed by atoms with van der Waals surface area (Å²) in [5.41, 5.74) is 1.93. The summed E-state index contributed by atoms with van der Waals surface area (Å²) in [7, 11) is 0. The number of hydrogen-bond acceptors (Lipinski definition) is 3. The minimum absolute atomic E-state index is 0.593. The third kappa shape index (κ3) is 1.42. The van der Waals surface area contributed by atoms with Crippen molar-refractivity contribution in [3.05, 3.63) is 23.7 Å². The number of fused-ring (bicyclic) bond motifs is 1. The molecule has 1 amide bonds. The Morgan fingerprint density at radius 3 is 3.23 bits per heavy atom. The second-order valence-electron chi connectivity index (χ2n) is 2.79. The Balaban J connectivity index is 2.47. The topological polar surface area (TPSA) is 54.9 Å². The minimum atomic E-state index is 0.593. The largest absolute Gasteiger partial charge is 0.313 e. The lowest BCUT2D eigenvalue weighted by Crippen LogP contribution is -2.06. The number of carbonyl (C=O) groups excluding carboxylic acids is 1. The molecule has 1 aromatic rings. The van der Waals surface area contributed by atoms with E-state index in [9.17, 15) is 4.79 Å². The molecule has 0 unspecified atom stereocenters. The number of hydrogen-bond donors (Lipinski definition) is 1. The monoisotopic (exact) mass is 175 g/mol. The van der Waals surface area contributed by atoms with Crippen LogP contribution in [0.25, 0.3) is 6.08 Å². The molecule has 0 fully saturated rings. The normalized spacial score (nSPS) is 13.5. The van der Waals surface area contributed by atoms with Gasteiger partial charge in [-0.15, -0.1) is 0 Å². The molecule has 0 radical (unpaired) electrons. The van der Waals surface area contributed by atoms with Crippen LogP contribution in [0.5, 0.6) is 0 Å². The molecule has 1 aliphatic carbocycles. The Labute approximate surface area is 75.7 Å². The molecule has 13 heavy (non-hydrogen) atoms. The first kappa shape index (κ1) is 7.91. The van der Waals surface area contributed by atoms with Crippen LogP contribution >= 0.6 is 0 Å². The van der Waals surface area contributed by atoms with E-state index >= 15 is 0 Å². The van der Waals surface area contributed by atoms with E-state index in [1.54, 1.807) is 0 Å². The number of allylic oxidation sites excluding steroid dienone is 1. The predicted octanol–water partition coefficient (Wildman–Crippen LogP) is 1.00. The van der Waals surface area contributed by atoms with Gasteiger partial charge in [0.1, 0.15) is 12.1 Å². The molecular weight excluding hydrogens is 166 g/mol. The summed E-state index contributed by atoms with van der Waals surface area (Å²) in [4.78, 5) is 18.4. The Morgan fingerprint density at radius 2 is 2.38 bits per heavy atom. The van der Waals surface area contributed by atoms with Gasteiger partial charge in [-0.2, -0.15) is 0 Å². The molecule has 1 heterocycles. The van der Waals surface area contributed by atoms with Crippen LogP contribution < -0.4 is 5.32 Å². The fraction of sp³-hybridized carbons (Fsp3) is 0.222. The minimum Gasteiger partial charge on any atom is -0.313 e. The van der Waals surface area contributed by atoms with E-state index < -0.39 is 0 Å². The molecule has 0 aromatic carbocycles. The maximum Gasteiger partial charge on any atom is 0.212 e. The van der Waals surface area contributed by atoms with Gasteiger partial charge in [0.25, 0.3) is 0 Å². The molecule has 2 rings (SSSR count). The van der Waals surface area contributed by atoms with Crippen LogP contribution in [0.2, 0.25) is 0 Å². The number of amides is 1. The molecule has 0 saturated heterocycles. The molecule has 66 valence electrons. The van der Waals surface area contributed by atoms with Gasteiger partial charge < -0.3 is 5.32 Å². The van der Waals surface area contributed by atoms with Gasteiger partial charge in [0.2, 0.25) is 6.41 Å². The van der Waals surface area contributed by atoms with E-state index in [0.29, 0.717) is 12.2 Å². The standard InChI is InChI=1S/C9H9N3O/c13-6-12-9-7-3-1-2-4-8(7)10-5-11-9/h1,3,5-6H,2,4H2,(H,10,11,12,13). The zero-order valence-corrected chi connectivity index (χ0v) is 7.03. The number of nitrogens with one attached hydrogen (secondary N) is 1. The summed E-state index contributed by atoms with van der Waals surface area (Å²) in [6.45, 7) is 0. The maximum atomic E-state index is 10.3. The summed E-state index contributed by atoms with van der Waals surface area (Å²) in [6.07, 6.45) is 8.04. The summed E-state index contributed by atoms with van der Waals surface area (Å²) in [5.74, 6) is 0.593. The Kier molecular flexibility index (Phi) is 2.04. The first-order chi connectivity index (χ1) is 6.42. The zero-order valence-electron chi connectivity index (χ0n) is 7.03. The van der Waals surface area contributed by atoms with Gasteiger partial charge in [0.05, 0.1) is 5.69 Å². The number of carbonyl (C=O) groups is 1. The predicted molar refractivity (Wildman–Crippen MR) is 49.1 cm³/mol. The Bertz CT molecular complexity index is 360. The van der Waals surface area contributed by atoms with Crippen LogP contribution in [0.15, 0.2) is 12.4 Å². The SMILES string of the molecule is O=CNc1ncnc2c1C=CCC2. The van der Waals surface area contributed by atoms with E-state index in [1.807, 2.05) is 6.08 Å². The Morgan fingerprint density at radius 1 is 1.46 bits per heavy atom. The van der Waals surface area contributed by atoms with Gasteiger partial charge in [-0.05, 0) is 12.8 Å². The number of aryl methyl sites for hydroxylation is 1. The van der Waals surface area contributed by atoms with E-state index in [2.05, 4.69) is 21.4 Å². The molecule has 0 saturated carbocycles. The fourth-order valence-electron chi connectivity index (χ4n) is 1.40. The lowest BCUT2D eigenvalue weighted by Gasteiger charge is -2.11. The van der Waals surface area contributed by atoms with Gasteiger partial charge >= 0.3 is 0 Å². The third-order valence-corrected chi connectivity index (χ3v) is 1.99. The lowest BCUT2D eigenvalue weighted by atomic mass is 10.0. The molecule has 0 atom stereocenters. The van der Waals surface area contributed by atoms with Crippen molar-refractivity contribution in [2.75, 3.05) is 5.32 Å². The molecular formula is C9H9N3O. The van der Waals surface area contributed by atoms with Crippen molar-refractivity contribution >= 4 is 18.3 Å². The molecule has 0 bridgehead atoms. The van der Waals surface area contributed by atoms with Crippen LogP contribution in [0, 0.1) is 0 Å². The van der Waals surface area contributed by atoms with Crippen LogP contribution in [0.1, 0.15) is 17.7 Å². The molecule has 1 aliphatic rings. The van der Waals surface area contributed by atoms with Crippen LogP contribution in [-0.4, -0.2) is 16.4 Å². The lowest BCUT2D eigenvalue weighted by molar-refractivity contribution is -0.105. The molecule has 1 aromatic heterocycles. The summed E-state index contributed by atoms with van der Waals surface area (Å²) >= 11 is 0. The smallest absolute Gasteiger partial charge is 0.212 e. The van der Waals surface area contributed by atoms with Gasteiger partial charge in [-0.25, -0.2) is 9.97 Å². The van der Waals surface area contributed by atoms with Crippen molar-refractivity contribution in [2.24, 2.45) is 0 Å². The van der Waals surface area contributed by atoms with Crippen LogP contribution in [-0.2, 0) is 11.2 Å². The number of anilines is 1. The molecule has 4 nitrogen and oxygen atoms in total. The van der Waals surface area contributed by atoms with Crippen LogP contribution in [0.3, 0.4) is 0 Å². The first-order valence-electron chi connectivity index (χ1n) is 4.12. The Hall–Kier alpha value is -1.71. The fourth-order valence-corrected chi connectivity index (χ4v) is 1.40. The highest BCUT2D eigenvalue weighted by molar-refractivity contribution is 5.76. The summed E-state index contributed by atoms with van der Waals surface area (Å²) < 4.78 is 0.